The number of esters is 1. The molecule has 3 heterocycles. The standard InChI is InChI=1S/C17H16ClFN2O2.C15H13FN4O.H4N2.H2O/c1-2-23-17(22)12-9-13(19)16(21-15(12)18)20-14-8-4-6-10-5-3-7-11(10)14;16-11-7-10-13(19-20-15(10)21)18-14(11)17-12-6-2-4-8-3-1-5-9(8)12;1-2;/h4,6,8-9H,2-3,5,7H2,1H3,(H,20,21);2,4,6-7H,1,3,5H2,(H3,17,18,19,20,21);1-2H2;1H2. The van der Waals surface area contributed by atoms with Crippen molar-refractivity contribution in [3.8, 4) is 0 Å². The number of halogens is 3. The van der Waals surface area contributed by atoms with Gasteiger partial charge < -0.3 is 20.8 Å². The van der Waals surface area contributed by atoms with Gasteiger partial charge in [-0.05, 0) is 92.0 Å². The van der Waals surface area contributed by atoms with Crippen LogP contribution >= 0.6 is 11.6 Å². The van der Waals surface area contributed by atoms with E-state index in [1.807, 2.05) is 24.3 Å². The Balaban J connectivity index is 0.000000199. The highest BCUT2D eigenvalue weighted by atomic mass is 35.5. The van der Waals surface area contributed by atoms with E-state index in [1.165, 1.54) is 28.3 Å². The molecule has 0 spiro atoms. The van der Waals surface area contributed by atoms with Crippen LogP contribution < -0.4 is 27.9 Å². The predicted octanol–water partition coefficient (Wildman–Crippen LogP) is 4.90. The van der Waals surface area contributed by atoms with E-state index < -0.39 is 17.6 Å². The van der Waals surface area contributed by atoms with Gasteiger partial charge in [-0.2, -0.15) is 0 Å². The molecular formula is C32H35ClF2N8O4. The van der Waals surface area contributed by atoms with Crippen molar-refractivity contribution in [1.82, 2.24) is 20.2 Å². The Bertz CT molecular complexity index is 1950. The summed E-state index contributed by atoms with van der Waals surface area (Å²) in [6, 6.07) is 14.1. The van der Waals surface area contributed by atoms with Crippen LogP contribution in [0.4, 0.5) is 31.8 Å². The molecule has 12 nitrogen and oxygen atoms in total. The second-order valence-corrected chi connectivity index (χ2v) is 10.9. The Kier molecular flexibility index (Phi) is 11.6. The molecule has 0 atom stereocenters. The second-order valence-electron chi connectivity index (χ2n) is 10.5. The Labute approximate surface area is 273 Å². The summed E-state index contributed by atoms with van der Waals surface area (Å²) < 4.78 is 33.2. The van der Waals surface area contributed by atoms with Gasteiger partial charge >= 0.3 is 5.97 Å². The molecule has 0 unspecified atom stereocenters. The number of hydrazine groups is 1. The number of nitrogens with two attached hydrogens (primary N) is 2. The number of carbonyl (C=O) groups is 1. The molecule has 10 N–H and O–H groups in total. The van der Waals surface area contributed by atoms with Gasteiger partial charge in [-0.1, -0.05) is 35.9 Å². The number of hydrogen-bond acceptors (Lipinski definition) is 9. The average molecular weight is 669 g/mol. The molecule has 0 saturated heterocycles. The van der Waals surface area contributed by atoms with Gasteiger partial charge in [0.2, 0.25) is 0 Å². The number of carbonyl (C=O) groups excluding carboxylic acids is 1. The van der Waals surface area contributed by atoms with Crippen LogP contribution in [-0.2, 0) is 30.4 Å². The molecular weight excluding hydrogens is 634 g/mol. The van der Waals surface area contributed by atoms with Crippen LogP contribution in [0.3, 0.4) is 0 Å². The molecule has 3 aromatic heterocycles. The van der Waals surface area contributed by atoms with E-state index in [0.29, 0.717) is 5.65 Å². The molecule has 2 aliphatic carbocycles. The lowest BCUT2D eigenvalue weighted by molar-refractivity contribution is 0.0525. The highest BCUT2D eigenvalue weighted by molar-refractivity contribution is 6.32. The van der Waals surface area contributed by atoms with Crippen molar-refractivity contribution in [2.45, 2.75) is 45.4 Å². The number of nitrogens with zero attached hydrogens (tertiary/aromatic N) is 2. The number of aryl methyl sites for hydroxylation is 2. The smallest absolute Gasteiger partial charge is 0.341 e. The first kappa shape index (κ1) is 35.0. The van der Waals surface area contributed by atoms with Crippen LogP contribution in [0, 0.1) is 11.6 Å². The SMILES string of the molecule is CCOC(=O)c1cc(F)c(Nc2cccc3c2CCC3)nc1Cl.NN.O.O=c1[nH][nH]c2nc(Nc3cccc4c3CCC4)c(F)cc12. The lowest BCUT2D eigenvalue weighted by atomic mass is 10.1. The quantitative estimate of drug-likeness (QED) is 0.0628. The number of fused-ring (bicyclic) bond motifs is 3. The molecule has 15 heteroatoms. The van der Waals surface area contributed by atoms with E-state index in [1.54, 1.807) is 6.92 Å². The van der Waals surface area contributed by atoms with Crippen molar-refractivity contribution in [2.75, 3.05) is 17.2 Å². The normalized spacial score (nSPS) is 12.5. The average Bonchev–Trinajstić information content (AvgIpc) is 3.82. The molecule has 2 aliphatic rings. The maximum atomic E-state index is 14.3. The van der Waals surface area contributed by atoms with Gasteiger partial charge in [0, 0.05) is 11.4 Å². The number of aromatic nitrogens is 4. The molecule has 2 aromatic carbocycles. The van der Waals surface area contributed by atoms with Crippen molar-refractivity contribution >= 4 is 51.6 Å². The number of benzene rings is 2. The maximum absolute atomic E-state index is 14.3. The van der Waals surface area contributed by atoms with Crippen molar-refractivity contribution < 1.29 is 23.8 Å². The van der Waals surface area contributed by atoms with Gasteiger partial charge in [-0.3, -0.25) is 26.7 Å². The van der Waals surface area contributed by atoms with Gasteiger partial charge in [-0.15, -0.1) is 0 Å². The minimum absolute atomic E-state index is 0. The van der Waals surface area contributed by atoms with Crippen molar-refractivity contribution in [3.05, 3.63) is 103 Å². The monoisotopic (exact) mass is 668 g/mol. The Morgan fingerprint density at radius 2 is 1.45 bits per heavy atom. The number of ether oxygens (including phenoxy) is 1. The minimum atomic E-state index is -0.684. The van der Waals surface area contributed by atoms with Crippen LogP contribution in [0.15, 0.2) is 53.3 Å². The Morgan fingerprint density at radius 1 is 0.894 bits per heavy atom. The summed E-state index contributed by atoms with van der Waals surface area (Å²) in [4.78, 5) is 31.3. The molecule has 7 rings (SSSR count). The summed E-state index contributed by atoms with van der Waals surface area (Å²) >= 11 is 6.00. The van der Waals surface area contributed by atoms with E-state index >= 15 is 0 Å². The first-order valence-corrected chi connectivity index (χ1v) is 15.1. The van der Waals surface area contributed by atoms with Gasteiger partial charge in [0.1, 0.15) is 10.7 Å². The number of H-pyrrole nitrogens is 2. The molecule has 0 radical (unpaired) electrons. The lowest BCUT2D eigenvalue weighted by Gasteiger charge is -2.12. The summed E-state index contributed by atoms with van der Waals surface area (Å²) in [7, 11) is 0. The number of nitrogens with one attached hydrogen (secondary N) is 4. The largest absolute Gasteiger partial charge is 0.462 e. The topological polar surface area (TPSA) is 208 Å². The molecule has 5 aromatic rings. The third kappa shape index (κ3) is 7.58. The summed E-state index contributed by atoms with van der Waals surface area (Å²) in [5.41, 5.74) is 6.58. The Morgan fingerprint density at radius 3 is 2.02 bits per heavy atom. The number of aromatic amines is 2. The van der Waals surface area contributed by atoms with E-state index in [9.17, 15) is 18.4 Å². The summed E-state index contributed by atoms with van der Waals surface area (Å²) in [5.74, 6) is 6.26. The fourth-order valence-electron chi connectivity index (χ4n) is 5.66. The highest BCUT2D eigenvalue weighted by Crippen LogP contribution is 2.33. The third-order valence-electron chi connectivity index (χ3n) is 7.74. The van der Waals surface area contributed by atoms with Gasteiger partial charge in [0.15, 0.2) is 28.9 Å². The van der Waals surface area contributed by atoms with E-state index in [2.05, 4.69) is 54.6 Å². The first-order chi connectivity index (χ1) is 22.3. The molecule has 47 heavy (non-hydrogen) atoms. The number of rotatable bonds is 6. The van der Waals surface area contributed by atoms with Gasteiger partial charge in [0.05, 0.1) is 12.0 Å². The van der Waals surface area contributed by atoms with Gasteiger partial charge in [0.25, 0.3) is 5.56 Å². The van der Waals surface area contributed by atoms with Gasteiger partial charge in [-0.25, -0.2) is 23.5 Å². The summed E-state index contributed by atoms with van der Waals surface area (Å²) in [6.45, 7) is 1.86. The molecule has 0 amide bonds. The van der Waals surface area contributed by atoms with E-state index in [0.717, 1.165) is 56.0 Å². The van der Waals surface area contributed by atoms with Crippen LogP contribution in [0.2, 0.25) is 5.15 Å². The second kappa shape index (κ2) is 15.6. The zero-order valence-corrected chi connectivity index (χ0v) is 26.2. The van der Waals surface area contributed by atoms with Crippen LogP contribution in [0.5, 0.6) is 0 Å². The van der Waals surface area contributed by atoms with Crippen LogP contribution in [0.1, 0.15) is 52.4 Å². The zero-order valence-electron chi connectivity index (χ0n) is 25.5. The highest BCUT2D eigenvalue weighted by Gasteiger charge is 2.20. The molecule has 0 aliphatic heterocycles. The van der Waals surface area contributed by atoms with Crippen LogP contribution in [-0.4, -0.2) is 38.2 Å². The van der Waals surface area contributed by atoms with E-state index in [4.69, 9.17) is 16.3 Å². The number of anilines is 4. The van der Waals surface area contributed by atoms with Crippen molar-refractivity contribution in [3.63, 3.8) is 0 Å². The van der Waals surface area contributed by atoms with Crippen LogP contribution in [0.25, 0.3) is 11.0 Å². The number of pyridine rings is 2. The zero-order chi connectivity index (χ0) is 32.8. The fraction of sp³-hybridized carbons (Fsp3) is 0.250. The molecule has 0 fully saturated rings. The van der Waals surface area contributed by atoms with Crippen molar-refractivity contribution in [1.29, 1.82) is 0 Å². The summed E-state index contributed by atoms with van der Waals surface area (Å²) in [6.07, 6.45) is 6.24. The molecule has 0 saturated carbocycles. The van der Waals surface area contributed by atoms with E-state index in [-0.39, 0.29) is 45.4 Å². The van der Waals surface area contributed by atoms with Crippen molar-refractivity contribution in [2.24, 2.45) is 11.7 Å². The first-order valence-electron chi connectivity index (χ1n) is 14.7. The minimum Gasteiger partial charge on any atom is -0.462 e. The molecule has 248 valence electrons. The third-order valence-corrected chi connectivity index (χ3v) is 8.03. The Hall–Kier alpha value is -4.89. The summed E-state index contributed by atoms with van der Waals surface area (Å²) in [5, 5.41) is 11.2. The number of hydrogen-bond donors (Lipinski definition) is 6. The molecule has 0 bridgehead atoms. The predicted molar refractivity (Wildman–Crippen MR) is 177 cm³/mol. The lowest BCUT2D eigenvalue weighted by Crippen LogP contribution is -2.09. The fourth-order valence-corrected chi connectivity index (χ4v) is 5.88. The maximum Gasteiger partial charge on any atom is 0.341 e.